The quantitative estimate of drug-likeness (QED) is 0.674. The van der Waals surface area contributed by atoms with Crippen LogP contribution >= 0.6 is 27.5 Å². The second-order valence-corrected chi connectivity index (χ2v) is 6.38. The molecule has 3 heteroatoms. The Hall–Kier alpha value is -0.210. The van der Waals surface area contributed by atoms with Crippen LogP contribution in [0.3, 0.4) is 0 Å². The van der Waals surface area contributed by atoms with Gasteiger partial charge in [0.15, 0.2) is 0 Å². The average molecular weight is 332 g/mol. The first-order valence-corrected chi connectivity index (χ1v) is 8.10. The van der Waals surface area contributed by atoms with Gasteiger partial charge in [-0.25, -0.2) is 0 Å². The molecule has 0 N–H and O–H groups in total. The van der Waals surface area contributed by atoms with Crippen LogP contribution in [0.2, 0.25) is 5.02 Å². The normalized spacial score (nSPS) is 18.6. The van der Waals surface area contributed by atoms with Crippen molar-refractivity contribution in [2.45, 2.75) is 39.0 Å². The number of ether oxygens (including phenoxy) is 1. The van der Waals surface area contributed by atoms with Crippen LogP contribution in [0.4, 0.5) is 0 Å². The molecule has 0 bridgehead atoms. The van der Waals surface area contributed by atoms with Gasteiger partial charge >= 0.3 is 0 Å². The van der Waals surface area contributed by atoms with E-state index in [1.165, 1.54) is 37.7 Å². The van der Waals surface area contributed by atoms with E-state index in [1.54, 1.807) is 0 Å². The Balaban J connectivity index is 2.01. The summed E-state index contributed by atoms with van der Waals surface area (Å²) in [5.74, 6) is 0.813. The molecule has 0 radical (unpaired) electrons. The van der Waals surface area contributed by atoms with Crippen molar-refractivity contribution in [2.24, 2.45) is 5.41 Å². The smallest absolute Gasteiger partial charge is 0.137 e. The van der Waals surface area contributed by atoms with Crippen LogP contribution in [-0.2, 0) is 0 Å². The van der Waals surface area contributed by atoms with Gasteiger partial charge in [0.25, 0.3) is 0 Å². The molecule has 0 amide bonds. The van der Waals surface area contributed by atoms with E-state index in [0.29, 0.717) is 5.41 Å². The Morgan fingerprint density at radius 2 is 2.00 bits per heavy atom. The van der Waals surface area contributed by atoms with Gasteiger partial charge in [-0.1, -0.05) is 52.9 Å². The number of alkyl halides is 1. The van der Waals surface area contributed by atoms with Gasteiger partial charge in [-0.3, -0.25) is 0 Å². The van der Waals surface area contributed by atoms with E-state index in [-0.39, 0.29) is 0 Å². The monoisotopic (exact) mass is 330 g/mol. The number of rotatable bonds is 4. The highest BCUT2D eigenvalue weighted by Crippen LogP contribution is 2.39. The van der Waals surface area contributed by atoms with Gasteiger partial charge in [0.2, 0.25) is 0 Å². The summed E-state index contributed by atoms with van der Waals surface area (Å²) in [5, 5.41) is 1.74. The number of benzene rings is 1. The van der Waals surface area contributed by atoms with Crippen molar-refractivity contribution >= 4 is 27.5 Å². The fourth-order valence-corrected chi connectivity index (χ4v) is 3.58. The molecule has 0 aromatic heterocycles. The largest absolute Gasteiger partial charge is 0.491 e. The summed E-state index contributed by atoms with van der Waals surface area (Å²) >= 11 is 9.86. The molecule has 1 fully saturated rings. The minimum absolute atomic E-state index is 0.298. The molecule has 1 saturated carbocycles. The topological polar surface area (TPSA) is 9.23 Å². The Bertz CT molecular complexity index is 399. The lowest BCUT2D eigenvalue weighted by Crippen LogP contribution is -2.32. The van der Waals surface area contributed by atoms with Gasteiger partial charge in [0.05, 0.1) is 11.6 Å². The summed E-state index contributed by atoms with van der Waals surface area (Å²) in [6.45, 7) is 2.80. The van der Waals surface area contributed by atoms with Crippen molar-refractivity contribution < 1.29 is 4.74 Å². The van der Waals surface area contributed by atoms with E-state index >= 15 is 0 Å². The highest BCUT2D eigenvalue weighted by atomic mass is 79.9. The maximum Gasteiger partial charge on any atom is 0.137 e. The van der Waals surface area contributed by atoms with Crippen LogP contribution in [0, 0.1) is 12.3 Å². The number of aryl methyl sites for hydroxylation is 1. The van der Waals surface area contributed by atoms with Gasteiger partial charge in [-0.2, -0.15) is 0 Å². The molecule has 0 aliphatic heterocycles. The van der Waals surface area contributed by atoms with E-state index in [0.717, 1.165) is 22.7 Å². The molecule has 0 saturated heterocycles. The summed E-state index contributed by atoms with van der Waals surface area (Å²) in [5.41, 5.74) is 1.46. The van der Waals surface area contributed by atoms with Gasteiger partial charge in [-0.05, 0) is 37.5 Å². The second-order valence-electron chi connectivity index (χ2n) is 5.42. The molecular formula is C15H20BrClO. The van der Waals surface area contributed by atoms with Crippen LogP contribution in [0.5, 0.6) is 5.75 Å². The molecule has 0 atom stereocenters. The summed E-state index contributed by atoms with van der Waals surface area (Å²) in [7, 11) is 0. The van der Waals surface area contributed by atoms with Crippen LogP contribution < -0.4 is 4.74 Å². The van der Waals surface area contributed by atoms with E-state index in [4.69, 9.17) is 16.3 Å². The van der Waals surface area contributed by atoms with Crippen LogP contribution in [0.1, 0.15) is 37.7 Å². The lowest BCUT2D eigenvalue weighted by Gasteiger charge is -2.35. The minimum atomic E-state index is 0.298. The van der Waals surface area contributed by atoms with Crippen LogP contribution in [0.25, 0.3) is 0 Å². The Morgan fingerprint density at radius 1 is 1.28 bits per heavy atom. The fourth-order valence-electron chi connectivity index (χ4n) is 2.57. The average Bonchev–Trinajstić information content (AvgIpc) is 2.39. The van der Waals surface area contributed by atoms with Crippen molar-refractivity contribution in [3.05, 3.63) is 28.8 Å². The third-order valence-corrected chi connectivity index (χ3v) is 5.30. The predicted molar refractivity (Wildman–Crippen MR) is 81.0 cm³/mol. The third-order valence-electron chi connectivity index (χ3n) is 3.82. The molecule has 0 heterocycles. The molecule has 1 aliphatic rings. The molecule has 1 aromatic rings. The fraction of sp³-hybridized carbons (Fsp3) is 0.600. The van der Waals surface area contributed by atoms with E-state index < -0.39 is 0 Å². The lowest BCUT2D eigenvalue weighted by molar-refractivity contribution is 0.122. The van der Waals surface area contributed by atoms with Crippen molar-refractivity contribution in [2.75, 3.05) is 11.9 Å². The van der Waals surface area contributed by atoms with Crippen molar-refractivity contribution in [3.63, 3.8) is 0 Å². The standard InChI is InChI=1S/C15H20BrClO/c1-12-5-6-14(13(17)9-12)18-11-15(10-16)7-3-2-4-8-15/h5-6,9H,2-4,7-8,10-11H2,1H3. The summed E-state index contributed by atoms with van der Waals surface area (Å²) < 4.78 is 5.96. The molecule has 100 valence electrons. The third kappa shape index (κ3) is 3.42. The summed E-state index contributed by atoms with van der Waals surface area (Å²) in [6, 6.07) is 5.98. The predicted octanol–water partition coefficient (Wildman–Crippen LogP) is 5.37. The zero-order chi connectivity index (χ0) is 13.0. The first-order valence-electron chi connectivity index (χ1n) is 6.60. The van der Waals surface area contributed by atoms with Gasteiger partial charge in [0, 0.05) is 10.7 Å². The molecule has 0 spiro atoms. The first kappa shape index (κ1) is 14.2. The first-order chi connectivity index (χ1) is 8.65. The second kappa shape index (κ2) is 6.29. The minimum Gasteiger partial charge on any atom is -0.491 e. The Morgan fingerprint density at radius 3 is 2.61 bits per heavy atom. The SMILES string of the molecule is Cc1ccc(OCC2(CBr)CCCCC2)c(Cl)c1. The van der Waals surface area contributed by atoms with Crippen molar-refractivity contribution in [1.29, 1.82) is 0 Å². The Labute approximate surface area is 123 Å². The molecule has 1 aromatic carbocycles. The number of halogens is 2. The molecule has 0 unspecified atom stereocenters. The maximum absolute atomic E-state index is 6.20. The highest BCUT2D eigenvalue weighted by Gasteiger charge is 2.32. The number of hydrogen-bond acceptors (Lipinski definition) is 1. The van der Waals surface area contributed by atoms with E-state index in [1.807, 2.05) is 25.1 Å². The lowest BCUT2D eigenvalue weighted by atomic mass is 9.76. The Kier molecular flexibility index (Phi) is 4.97. The van der Waals surface area contributed by atoms with E-state index in [9.17, 15) is 0 Å². The van der Waals surface area contributed by atoms with Gasteiger partial charge in [0.1, 0.15) is 5.75 Å². The van der Waals surface area contributed by atoms with Crippen LogP contribution in [0.15, 0.2) is 18.2 Å². The van der Waals surface area contributed by atoms with E-state index in [2.05, 4.69) is 15.9 Å². The zero-order valence-corrected chi connectivity index (χ0v) is 13.2. The summed E-state index contributed by atoms with van der Waals surface area (Å²) in [6.07, 6.45) is 6.50. The van der Waals surface area contributed by atoms with Crippen molar-refractivity contribution in [1.82, 2.24) is 0 Å². The molecular weight excluding hydrogens is 312 g/mol. The van der Waals surface area contributed by atoms with Gasteiger partial charge < -0.3 is 4.74 Å². The molecule has 1 aliphatic carbocycles. The van der Waals surface area contributed by atoms with Crippen LogP contribution in [-0.4, -0.2) is 11.9 Å². The molecule has 2 rings (SSSR count). The molecule has 1 nitrogen and oxygen atoms in total. The number of hydrogen-bond donors (Lipinski definition) is 0. The maximum atomic E-state index is 6.20. The molecule has 18 heavy (non-hydrogen) atoms. The summed E-state index contributed by atoms with van der Waals surface area (Å²) in [4.78, 5) is 0. The highest BCUT2D eigenvalue weighted by molar-refractivity contribution is 9.09. The van der Waals surface area contributed by atoms with Gasteiger partial charge in [-0.15, -0.1) is 0 Å². The zero-order valence-electron chi connectivity index (χ0n) is 10.8. The van der Waals surface area contributed by atoms with Crippen molar-refractivity contribution in [3.8, 4) is 5.75 Å².